The number of rotatable bonds is 6. The maximum absolute atomic E-state index is 5.83. The van der Waals surface area contributed by atoms with Gasteiger partial charge in [0.15, 0.2) is 0 Å². The molecule has 1 atom stereocenters. The molecule has 1 aromatic carbocycles. The second-order valence-corrected chi connectivity index (χ2v) is 7.48. The molecule has 6 nitrogen and oxygen atoms in total. The van der Waals surface area contributed by atoms with Gasteiger partial charge in [-0.15, -0.1) is 0 Å². The van der Waals surface area contributed by atoms with Gasteiger partial charge in [-0.3, -0.25) is 9.80 Å². The van der Waals surface area contributed by atoms with Crippen molar-refractivity contribution in [2.75, 3.05) is 52.9 Å². The highest BCUT2D eigenvalue weighted by Gasteiger charge is 2.30. The summed E-state index contributed by atoms with van der Waals surface area (Å²) in [4.78, 5) is 11.8. The first-order valence-corrected chi connectivity index (χ1v) is 9.59. The number of piperazine rings is 2. The molecule has 2 aromatic rings. The Bertz CT molecular complexity index is 672. The Morgan fingerprint density at radius 3 is 2.73 bits per heavy atom. The number of imidazole rings is 1. The van der Waals surface area contributed by atoms with Crippen molar-refractivity contribution in [3.63, 3.8) is 0 Å². The number of hydrogen-bond acceptors (Lipinski definition) is 5. The maximum Gasteiger partial charge on any atom is 0.119 e. The van der Waals surface area contributed by atoms with Gasteiger partial charge in [-0.25, -0.2) is 4.98 Å². The number of hydrogen-bond donors (Lipinski definition) is 0. The Kier molecular flexibility index (Phi) is 5.53. The summed E-state index contributed by atoms with van der Waals surface area (Å²) in [7, 11) is 2.24. The Morgan fingerprint density at radius 1 is 1.08 bits per heavy atom. The van der Waals surface area contributed by atoms with E-state index in [9.17, 15) is 0 Å². The first-order valence-electron chi connectivity index (χ1n) is 9.59. The minimum Gasteiger partial charge on any atom is -0.492 e. The normalized spacial score (nSPS) is 22.3. The van der Waals surface area contributed by atoms with Crippen molar-refractivity contribution >= 4 is 0 Å². The summed E-state index contributed by atoms with van der Waals surface area (Å²) in [6, 6.07) is 9.27. The molecule has 0 amide bonds. The number of nitrogens with zero attached hydrogens (tertiary/aromatic N) is 5. The van der Waals surface area contributed by atoms with E-state index in [0.717, 1.165) is 18.8 Å². The fourth-order valence-electron chi connectivity index (χ4n) is 3.96. The highest BCUT2D eigenvalue weighted by Crippen LogP contribution is 2.18. The second kappa shape index (κ2) is 8.20. The van der Waals surface area contributed by atoms with Crippen molar-refractivity contribution in [1.29, 1.82) is 0 Å². The van der Waals surface area contributed by atoms with Crippen LogP contribution in [0.5, 0.6) is 5.75 Å². The lowest BCUT2D eigenvalue weighted by atomic mass is 10.1. The van der Waals surface area contributed by atoms with Crippen molar-refractivity contribution < 1.29 is 4.74 Å². The van der Waals surface area contributed by atoms with Crippen molar-refractivity contribution in [2.45, 2.75) is 19.1 Å². The third kappa shape index (κ3) is 4.44. The van der Waals surface area contributed by atoms with Crippen LogP contribution in [-0.4, -0.2) is 83.2 Å². The average molecular weight is 355 g/mol. The zero-order valence-electron chi connectivity index (χ0n) is 15.6. The number of ether oxygens (including phenoxy) is 1. The molecular formula is C20H29N5O. The van der Waals surface area contributed by atoms with E-state index < -0.39 is 0 Å². The highest BCUT2D eigenvalue weighted by atomic mass is 16.5. The van der Waals surface area contributed by atoms with Gasteiger partial charge < -0.3 is 14.2 Å². The lowest BCUT2D eigenvalue weighted by Gasteiger charge is -2.46. The standard InChI is InChI=1S/C20H29N5O/c1-22-8-10-25-11-9-24(16-19(25)15-22)14-18-2-4-20(5-3-18)26-13-12-23-7-6-21-17-23/h2-7,17,19H,8-16H2,1H3. The Hall–Kier alpha value is -1.89. The molecule has 0 aliphatic carbocycles. The molecule has 2 fully saturated rings. The summed E-state index contributed by atoms with van der Waals surface area (Å²) in [5, 5.41) is 0. The van der Waals surface area contributed by atoms with Gasteiger partial charge in [0, 0.05) is 64.2 Å². The molecule has 1 aromatic heterocycles. The number of benzene rings is 1. The summed E-state index contributed by atoms with van der Waals surface area (Å²) in [5.41, 5.74) is 1.37. The van der Waals surface area contributed by atoms with Crippen LogP contribution in [0.15, 0.2) is 43.0 Å². The van der Waals surface area contributed by atoms with E-state index in [2.05, 4.69) is 51.0 Å². The molecule has 26 heavy (non-hydrogen) atoms. The average Bonchev–Trinajstić information content (AvgIpc) is 3.16. The molecule has 0 bridgehead atoms. The smallest absolute Gasteiger partial charge is 0.119 e. The molecule has 140 valence electrons. The second-order valence-electron chi connectivity index (χ2n) is 7.48. The number of likely N-dealkylation sites (N-methyl/N-ethyl adjacent to an activating group) is 1. The Morgan fingerprint density at radius 2 is 1.92 bits per heavy atom. The predicted octanol–water partition coefficient (Wildman–Crippen LogP) is 1.39. The number of aromatic nitrogens is 2. The van der Waals surface area contributed by atoms with E-state index >= 15 is 0 Å². The molecule has 1 unspecified atom stereocenters. The zero-order valence-corrected chi connectivity index (χ0v) is 15.6. The zero-order chi connectivity index (χ0) is 17.8. The molecule has 4 rings (SSSR count). The van der Waals surface area contributed by atoms with Crippen LogP contribution in [0.25, 0.3) is 0 Å². The molecule has 0 N–H and O–H groups in total. The van der Waals surface area contributed by atoms with E-state index in [4.69, 9.17) is 4.74 Å². The van der Waals surface area contributed by atoms with Gasteiger partial charge in [0.25, 0.3) is 0 Å². The highest BCUT2D eigenvalue weighted by molar-refractivity contribution is 5.27. The summed E-state index contributed by atoms with van der Waals surface area (Å²) in [6.45, 7) is 9.68. The van der Waals surface area contributed by atoms with Crippen LogP contribution in [0.4, 0.5) is 0 Å². The van der Waals surface area contributed by atoms with Crippen molar-refractivity contribution in [3.8, 4) is 5.75 Å². The van der Waals surface area contributed by atoms with Crippen molar-refractivity contribution in [1.82, 2.24) is 24.3 Å². The van der Waals surface area contributed by atoms with E-state index in [0.29, 0.717) is 12.6 Å². The predicted molar refractivity (Wildman–Crippen MR) is 102 cm³/mol. The molecule has 0 radical (unpaired) electrons. The van der Waals surface area contributed by atoms with Gasteiger partial charge in [0.1, 0.15) is 12.4 Å². The topological polar surface area (TPSA) is 36.8 Å². The minimum atomic E-state index is 0.660. The lowest BCUT2D eigenvalue weighted by Crippen LogP contribution is -2.60. The van der Waals surface area contributed by atoms with Gasteiger partial charge in [-0.2, -0.15) is 0 Å². The molecule has 0 saturated carbocycles. The summed E-state index contributed by atoms with van der Waals surface area (Å²) >= 11 is 0. The third-order valence-corrected chi connectivity index (χ3v) is 5.49. The minimum absolute atomic E-state index is 0.660. The van der Waals surface area contributed by atoms with Crippen LogP contribution >= 0.6 is 0 Å². The van der Waals surface area contributed by atoms with Crippen molar-refractivity contribution in [2.24, 2.45) is 0 Å². The van der Waals surface area contributed by atoms with E-state index in [1.54, 1.807) is 6.20 Å². The van der Waals surface area contributed by atoms with E-state index in [1.165, 1.54) is 44.8 Å². The van der Waals surface area contributed by atoms with Crippen LogP contribution in [0.2, 0.25) is 0 Å². The van der Waals surface area contributed by atoms with Gasteiger partial charge in [0.05, 0.1) is 12.9 Å². The molecule has 2 saturated heterocycles. The van der Waals surface area contributed by atoms with Gasteiger partial charge in [-0.1, -0.05) is 12.1 Å². The molecule has 0 spiro atoms. The summed E-state index contributed by atoms with van der Waals surface area (Å²) in [5.74, 6) is 0.938. The Balaban J connectivity index is 1.25. The van der Waals surface area contributed by atoms with Crippen molar-refractivity contribution in [3.05, 3.63) is 48.5 Å². The van der Waals surface area contributed by atoms with E-state index in [1.807, 2.05) is 17.1 Å². The van der Waals surface area contributed by atoms with Crippen LogP contribution in [0.1, 0.15) is 5.56 Å². The van der Waals surface area contributed by atoms with Gasteiger partial charge in [-0.05, 0) is 24.7 Å². The SMILES string of the molecule is CN1CCN2CCN(Cc3ccc(OCCn4ccnc4)cc3)CC2C1. The van der Waals surface area contributed by atoms with E-state index in [-0.39, 0.29) is 0 Å². The summed E-state index contributed by atoms with van der Waals surface area (Å²) < 4.78 is 7.86. The first-order chi connectivity index (χ1) is 12.8. The molecule has 6 heteroatoms. The van der Waals surface area contributed by atoms with Crippen LogP contribution in [0.3, 0.4) is 0 Å². The molecular weight excluding hydrogens is 326 g/mol. The van der Waals surface area contributed by atoms with Crippen LogP contribution in [-0.2, 0) is 13.1 Å². The first kappa shape index (κ1) is 17.5. The largest absolute Gasteiger partial charge is 0.492 e. The maximum atomic E-state index is 5.83. The molecule has 2 aliphatic rings. The Labute approximate surface area is 156 Å². The number of fused-ring (bicyclic) bond motifs is 1. The monoisotopic (exact) mass is 355 g/mol. The van der Waals surface area contributed by atoms with Gasteiger partial charge in [0.2, 0.25) is 0 Å². The molecule has 3 heterocycles. The van der Waals surface area contributed by atoms with Gasteiger partial charge >= 0.3 is 0 Å². The molecule has 2 aliphatic heterocycles. The quantitative estimate of drug-likeness (QED) is 0.783. The fourth-order valence-corrected chi connectivity index (χ4v) is 3.96. The van der Waals surface area contributed by atoms with Crippen LogP contribution in [0, 0.1) is 0 Å². The fraction of sp³-hybridized carbons (Fsp3) is 0.550. The lowest BCUT2D eigenvalue weighted by molar-refractivity contribution is 0.0175. The van der Waals surface area contributed by atoms with Crippen LogP contribution < -0.4 is 4.74 Å². The summed E-state index contributed by atoms with van der Waals surface area (Å²) in [6.07, 6.45) is 5.56. The third-order valence-electron chi connectivity index (χ3n) is 5.49.